The van der Waals surface area contributed by atoms with Gasteiger partial charge in [-0.05, 0) is 29.8 Å². The van der Waals surface area contributed by atoms with Crippen molar-refractivity contribution < 1.29 is 27.2 Å². The molecule has 2 aromatic carbocycles. The van der Waals surface area contributed by atoms with Crippen molar-refractivity contribution in [3.05, 3.63) is 65.5 Å². The Morgan fingerprint density at radius 2 is 1.68 bits per heavy atom. The van der Waals surface area contributed by atoms with Gasteiger partial charge in [0.25, 0.3) is 0 Å². The standard InChI is InChI=1S/C19H14F4N4O2S2/c20-12-7-5-11(6-8-12)9-15(28)25-17-26-27-18(31-17)30-10-16(29)24-14-4-2-1-3-13(14)19(21,22)23/h1-8H,9-10H2,(H,24,29)(H,25,26,28). The molecule has 0 spiro atoms. The predicted octanol–water partition coefficient (Wildman–Crippen LogP) is 4.61. The Bertz CT molecular complexity index is 1070. The lowest BCUT2D eigenvalue weighted by molar-refractivity contribution is -0.137. The molecule has 2 amide bonds. The van der Waals surface area contributed by atoms with Gasteiger partial charge in [-0.2, -0.15) is 13.2 Å². The topological polar surface area (TPSA) is 84.0 Å². The van der Waals surface area contributed by atoms with Gasteiger partial charge in [0.15, 0.2) is 4.34 Å². The lowest BCUT2D eigenvalue weighted by atomic mass is 10.1. The normalized spacial score (nSPS) is 11.2. The van der Waals surface area contributed by atoms with Crippen molar-refractivity contribution in [1.29, 1.82) is 0 Å². The van der Waals surface area contributed by atoms with Crippen LogP contribution in [-0.4, -0.2) is 27.8 Å². The van der Waals surface area contributed by atoms with E-state index in [9.17, 15) is 27.2 Å². The van der Waals surface area contributed by atoms with E-state index in [4.69, 9.17) is 0 Å². The van der Waals surface area contributed by atoms with E-state index in [0.717, 1.165) is 29.2 Å². The quantitative estimate of drug-likeness (QED) is 0.299. The van der Waals surface area contributed by atoms with Gasteiger partial charge in [0, 0.05) is 0 Å². The molecule has 3 rings (SSSR count). The molecule has 0 aliphatic heterocycles. The molecule has 3 aromatic rings. The number of alkyl halides is 3. The number of benzene rings is 2. The van der Waals surface area contributed by atoms with Gasteiger partial charge in [-0.15, -0.1) is 10.2 Å². The van der Waals surface area contributed by atoms with Gasteiger partial charge in [0.05, 0.1) is 23.4 Å². The molecule has 12 heteroatoms. The zero-order chi connectivity index (χ0) is 22.4. The second-order valence-electron chi connectivity index (χ2n) is 6.10. The van der Waals surface area contributed by atoms with Crippen LogP contribution in [0.15, 0.2) is 52.9 Å². The summed E-state index contributed by atoms with van der Waals surface area (Å²) in [6, 6.07) is 10.2. The third-order valence-corrected chi connectivity index (χ3v) is 5.74. The Kier molecular flexibility index (Phi) is 7.23. The lowest BCUT2D eigenvalue weighted by Crippen LogP contribution is -2.18. The van der Waals surface area contributed by atoms with Crippen molar-refractivity contribution in [2.75, 3.05) is 16.4 Å². The first-order valence-corrected chi connectivity index (χ1v) is 10.5. The molecule has 31 heavy (non-hydrogen) atoms. The number of halogens is 4. The molecule has 0 fully saturated rings. The van der Waals surface area contributed by atoms with Crippen LogP contribution in [0.25, 0.3) is 0 Å². The number of rotatable bonds is 7. The number of thioether (sulfide) groups is 1. The molecule has 0 aliphatic rings. The first-order valence-electron chi connectivity index (χ1n) is 8.67. The van der Waals surface area contributed by atoms with Crippen LogP contribution >= 0.6 is 23.1 Å². The van der Waals surface area contributed by atoms with E-state index in [-0.39, 0.29) is 28.9 Å². The van der Waals surface area contributed by atoms with Crippen LogP contribution in [0, 0.1) is 5.82 Å². The predicted molar refractivity (Wildman–Crippen MR) is 109 cm³/mol. The Balaban J connectivity index is 1.50. The van der Waals surface area contributed by atoms with Gasteiger partial charge in [-0.1, -0.05) is 47.4 Å². The molecule has 1 heterocycles. The summed E-state index contributed by atoms with van der Waals surface area (Å²) in [6.07, 6.45) is -4.57. The van der Waals surface area contributed by atoms with E-state index in [1.165, 1.54) is 42.5 Å². The highest BCUT2D eigenvalue weighted by molar-refractivity contribution is 8.01. The summed E-state index contributed by atoms with van der Waals surface area (Å²) in [4.78, 5) is 24.1. The first kappa shape index (κ1) is 22.7. The molecule has 0 aliphatic carbocycles. The van der Waals surface area contributed by atoms with Crippen molar-refractivity contribution in [3.8, 4) is 0 Å². The molecular formula is C19H14F4N4O2S2. The van der Waals surface area contributed by atoms with Crippen molar-refractivity contribution in [3.63, 3.8) is 0 Å². The van der Waals surface area contributed by atoms with Crippen LogP contribution in [0.4, 0.5) is 28.4 Å². The number of anilines is 2. The molecule has 0 radical (unpaired) electrons. The van der Waals surface area contributed by atoms with E-state index < -0.39 is 23.5 Å². The molecule has 0 atom stereocenters. The monoisotopic (exact) mass is 470 g/mol. The van der Waals surface area contributed by atoms with Crippen molar-refractivity contribution >= 4 is 45.7 Å². The summed E-state index contributed by atoms with van der Waals surface area (Å²) in [5.74, 6) is -1.61. The zero-order valence-electron chi connectivity index (χ0n) is 15.6. The van der Waals surface area contributed by atoms with Gasteiger partial charge in [-0.25, -0.2) is 4.39 Å². The van der Waals surface area contributed by atoms with Crippen LogP contribution in [-0.2, 0) is 22.2 Å². The fourth-order valence-corrected chi connectivity index (χ4v) is 3.99. The minimum atomic E-state index is -4.59. The number of hydrogen-bond acceptors (Lipinski definition) is 6. The van der Waals surface area contributed by atoms with Gasteiger partial charge in [0.2, 0.25) is 16.9 Å². The summed E-state index contributed by atoms with van der Waals surface area (Å²) >= 11 is 1.99. The third kappa shape index (κ3) is 6.76. The van der Waals surface area contributed by atoms with Crippen molar-refractivity contribution in [1.82, 2.24) is 10.2 Å². The average Bonchev–Trinajstić information content (AvgIpc) is 3.15. The largest absolute Gasteiger partial charge is 0.418 e. The fraction of sp³-hybridized carbons (Fsp3) is 0.158. The maximum absolute atomic E-state index is 13.0. The number of aromatic nitrogens is 2. The molecule has 0 saturated carbocycles. The van der Waals surface area contributed by atoms with Gasteiger partial charge in [0.1, 0.15) is 5.82 Å². The molecule has 162 valence electrons. The van der Waals surface area contributed by atoms with Crippen LogP contribution in [0.1, 0.15) is 11.1 Å². The second kappa shape index (κ2) is 9.88. The highest BCUT2D eigenvalue weighted by Crippen LogP contribution is 2.34. The Morgan fingerprint density at radius 1 is 0.968 bits per heavy atom. The fourth-order valence-electron chi connectivity index (χ4n) is 2.42. The van der Waals surface area contributed by atoms with E-state index in [1.807, 2.05) is 0 Å². The minimum Gasteiger partial charge on any atom is -0.325 e. The van der Waals surface area contributed by atoms with Crippen LogP contribution in [0.2, 0.25) is 0 Å². The number of nitrogens with one attached hydrogen (secondary N) is 2. The molecule has 0 bridgehead atoms. The number of para-hydroxylation sites is 1. The number of amides is 2. The molecule has 1 aromatic heterocycles. The van der Waals surface area contributed by atoms with Crippen LogP contribution < -0.4 is 10.6 Å². The van der Waals surface area contributed by atoms with E-state index >= 15 is 0 Å². The van der Waals surface area contributed by atoms with E-state index in [0.29, 0.717) is 9.90 Å². The highest BCUT2D eigenvalue weighted by atomic mass is 32.2. The smallest absolute Gasteiger partial charge is 0.325 e. The minimum absolute atomic E-state index is 0.0172. The number of hydrogen-bond donors (Lipinski definition) is 2. The maximum Gasteiger partial charge on any atom is 0.418 e. The molecule has 0 unspecified atom stereocenters. The number of nitrogens with zero attached hydrogens (tertiary/aromatic N) is 2. The summed E-state index contributed by atoms with van der Waals surface area (Å²) in [5.41, 5.74) is -0.643. The zero-order valence-corrected chi connectivity index (χ0v) is 17.2. The highest BCUT2D eigenvalue weighted by Gasteiger charge is 2.33. The van der Waals surface area contributed by atoms with E-state index in [1.54, 1.807) is 0 Å². The summed E-state index contributed by atoms with van der Waals surface area (Å²) in [7, 11) is 0. The molecule has 2 N–H and O–H groups in total. The van der Waals surface area contributed by atoms with Gasteiger partial charge < -0.3 is 10.6 Å². The Hall–Kier alpha value is -2.99. The van der Waals surface area contributed by atoms with Gasteiger partial charge in [-0.3, -0.25) is 9.59 Å². The first-order chi connectivity index (χ1) is 14.7. The summed E-state index contributed by atoms with van der Waals surface area (Å²) in [5, 5.41) is 12.6. The van der Waals surface area contributed by atoms with E-state index in [2.05, 4.69) is 20.8 Å². The maximum atomic E-state index is 13.0. The summed E-state index contributed by atoms with van der Waals surface area (Å²) in [6.45, 7) is 0. The molecular weight excluding hydrogens is 456 g/mol. The SMILES string of the molecule is O=C(Cc1ccc(F)cc1)Nc1nnc(SCC(=O)Nc2ccccc2C(F)(F)F)s1. The van der Waals surface area contributed by atoms with Crippen LogP contribution in [0.5, 0.6) is 0 Å². The Labute approximate surface area is 182 Å². The van der Waals surface area contributed by atoms with Crippen molar-refractivity contribution in [2.45, 2.75) is 16.9 Å². The van der Waals surface area contributed by atoms with Gasteiger partial charge >= 0.3 is 6.18 Å². The molecule has 0 saturated heterocycles. The second-order valence-corrected chi connectivity index (χ2v) is 8.30. The average molecular weight is 470 g/mol. The number of carbonyl (C=O) groups excluding carboxylic acids is 2. The summed E-state index contributed by atoms with van der Waals surface area (Å²) < 4.78 is 52.2. The molecule has 6 nitrogen and oxygen atoms in total. The number of carbonyl (C=O) groups is 2. The third-order valence-electron chi connectivity index (χ3n) is 3.76. The Morgan fingerprint density at radius 3 is 2.39 bits per heavy atom. The lowest BCUT2D eigenvalue weighted by Gasteiger charge is -2.13. The van der Waals surface area contributed by atoms with Crippen molar-refractivity contribution in [2.24, 2.45) is 0 Å². The van der Waals surface area contributed by atoms with Crippen LogP contribution in [0.3, 0.4) is 0 Å².